The van der Waals surface area contributed by atoms with Crippen molar-refractivity contribution in [1.82, 2.24) is 4.90 Å². The van der Waals surface area contributed by atoms with E-state index in [1.807, 2.05) is 18.2 Å². The van der Waals surface area contributed by atoms with Crippen LogP contribution in [-0.2, 0) is 20.8 Å². The smallest absolute Gasteiger partial charge is 0.337 e. The molecule has 1 aliphatic heterocycles. The summed E-state index contributed by atoms with van der Waals surface area (Å²) in [6.45, 7) is 1.49. The number of likely N-dealkylation sites (tertiary alicyclic amines) is 1. The highest BCUT2D eigenvalue weighted by atomic mass is 16.5. The van der Waals surface area contributed by atoms with Gasteiger partial charge in [-0.25, -0.2) is 4.79 Å². The Morgan fingerprint density at radius 1 is 1.24 bits per heavy atom. The molecule has 0 radical (unpaired) electrons. The highest BCUT2D eigenvalue weighted by Crippen LogP contribution is 2.21. The molecular formula is C16H21NO4. The zero-order chi connectivity index (χ0) is 15.2. The lowest BCUT2D eigenvalue weighted by Crippen LogP contribution is -2.44. The van der Waals surface area contributed by atoms with Gasteiger partial charge in [0.25, 0.3) is 0 Å². The van der Waals surface area contributed by atoms with Gasteiger partial charge in [-0.15, -0.1) is 0 Å². The van der Waals surface area contributed by atoms with Crippen LogP contribution in [0.25, 0.3) is 0 Å². The lowest BCUT2D eigenvalue weighted by molar-refractivity contribution is -0.148. The fraction of sp³-hybridized carbons (Fsp3) is 0.500. The Morgan fingerprint density at radius 2 is 2.05 bits per heavy atom. The van der Waals surface area contributed by atoms with Gasteiger partial charge in [0.15, 0.2) is 0 Å². The van der Waals surface area contributed by atoms with E-state index in [1.165, 1.54) is 14.2 Å². The highest BCUT2D eigenvalue weighted by Gasteiger charge is 2.29. The zero-order valence-electron chi connectivity index (χ0n) is 12.5. The molecule has 0 N–H and O–H groups in total. The molecule has 2 rings (SSSR count). The van der Waals surface area contributed by atoms with Gasteiger partial charge in [-0.1, -0.05) is 18.6 Å². The summed E-state index contributed by atoms with van der Waals surface area (Å²) in [6, 6.07) is 7.14. The second-order valence-electron chi connectivity index (χ2n) is 5.20. The first kappa shape index (κ1) is 15.5. The number of carbonyl (C=O) groups is 2. The van der Waals surface area contributed by atoms with Crippen LogP contribution in [0.3, 0.4) is 0 Å². The van der Waals surface area contributed by atoms with Crippen molar-refractivity contribution in [2.45, 2.75) is 31.8 Å². The van der Waals surface area contributed by atoms with E-state index < -0.39 is 0 Å². The van der Waals surface area contributed by atoms with Gasteiger partial charge < -0.3 is 9.47 Å². The number of carbonyl (C=O) groups excluding carboxylic acids is 2. The molecule has 114 valence electrons. The van der Waals surface area contributed by atoms with Crippen LogP contribution in [0.15, 0.2) is 24.3 Å². The maximum atomic E-state index is 11.9. The Balaban J connectivity index is 2.12. The van der Waals surface area contributed by atoms with Gasteiger partial charge in [0, 0.05) is 6.54 Å². The minimum absolute atomic E-state index is 0.182. The van der Waals surface area contributed by atoms with E-state index >= 15 is 0 Å². The van der Waals surface area contributed by atoms with Crippen molar-refractivity contribution in [3.63, 3.8) is 0 Å². The van der Waals surface area contributed by atoms with Crippen molar-refractivity contribution in [2.75, 3.05) is 20.8 Å². The predicted molar refractivity (Wildman–Crippen MR) is 77.8 cm³/mol. The van der Waals surface area contributed by atoms with E-state index in [0.29, 0.717) is 12.1 Å². The summed E-state index contributed by atoms with van der Waals surface area (Å²) in [4.78, 5) is 25.5. The van der Waals surface area contributed by atoms with E-state index in [1.54, 1.807) is 6.07 Å². The molecule has 1 aliphatic rings. The topological polar surface area (TPSA) is 55.8 Å². The van der Waals surface area contributed by atoms with Gasteiger partial charge in [0.05, 0.1) is 19.8 Å². The molecule has 1 unspecified atom stereocenters. The van der Waals surface area contributed by atoms with E-state index in [-0.39, 0.29) is 18.0 Å². The number of rotatable bonds is 4. The van der Waals surface area contributed by atoms with Gasteiger partial charge in [-0.05, 0) is 37.1 Å². The number of ether oxygens (including phenoxy) is 2. The van der Waals surface area contributed by atoms with Crippen molar-refractivity contribution >= 4 is 11.9 Å². The number of benzene rings is 1. The SMILES string of the molecule is COC(=O)c1cccc(CN2CCCCC2C(=O)OC)c1. The number of hydrogen-bond acceptors (Lipinski definition) is 5. The predicted octanol–water partition coefficient (Wildman–Crippen LogP) is 2.00. The molecule has 21 heavy (non-hydrogen) atoms. The first-order valence-corrected chi connectivity index (χ1v) is 7.15. The van der Waals surface area contributed by atoms with Crippen LogP contribution in [0, 0.1) is 0 Å². The maximum absolute atomic E-state index is 11.9. The standard InChI is InChI=1S/C16H21NO4/c1-20-15(18)13-7-5-6-12(10-13)11-17-9-4-3-8-14(17)16(19)21-2/h5-7,10,14H,3-4,8-9,11H2,1-2H3. The molecule has 1 aromatic carbocycles. The summed E-state index contributed by atoms with van der Waals surface area (Å²) in [7, 11) is 2.79. The zero-order valence-corrected chi connectivity index (χ0v) is 12.5. The van der Waals surface area contributed by atoms with Gasteiger partial charge in [-0.3, -0.25) is 9.69 Å². The van der Waals surface area contributed by atoms with Crippen molar-refractivity contribution in [3.8, 4) is 0 Å². The fourth-order valence-corrected chi connectivity index (χ4v) is 2.73. The molecule has 5 nitrogen and oxygen atoms in total. The number of methoxy groups -OCH3 is 2. The third kappa shape index (κ3) is 3.82. The number of hydrogen-bond donors (Lipinski definition) is 0. The molecular weight excluding hydrogens is 270 g/mol. The fourth-order valence-electron chi connectivity index (χ4n) is 2.73. The molecule has 1 fully saturated rings. The third-order valence-corrected chi connectivity index (χ3v) is 3.82. The second kappa shape index (κ2) is 7.22. The van der Waals surface area contributed by atoms with Crippen LogP contribution < -0.4 is 0 Å². The Hall–Kier alpha value is -1.88. The van der Waals surface area contributed by atoms with Crippen LogP contribution in [0.2, 0.25) is 0 Å². The minimum Gasteiger partial charge on any atom is -0.468 e. The second-order valence-corrected chi connectivity index (χ2v) is 5.20. The normalized spacial score (nSPS) is 19.0. The van der Waals surface area contributed by atoms with Crippen molar-refractivity contribution in [3.05, 3.63) is 35.4 Å². The van der Waals surface area contributed by atoms with Gasteiger partial charge in [-0.2, -0.15) is 0 Å². The monoisotopic (exact) mass is 291 g/mol. The van der Waals surface area contributed by atoms with Crippen LogP contribution in [-0.4, -0.2) is 43.6 Å². The molecule has 0 aliphatic carbocycles. The largest absolute Gasteiger partial charge is 0.468 e. The Morgan fingerprint density at radius 3 is 2.76 bits per heavy atom. The Bertz CT molecular complexity index is 515. The van der Waals surface area contributed by atoms with Crippen molar-refractivity contribution in [2.24, 2.45) is 0 Å². The van der Waals surface area contributed by atoms with Gasteiger partial charge in [0.2, 0.25) is 0 Å². The third-order valence-electron chi connectivity index (χ3n) is 3.82. The van der Waals surface area contributed by atoms with E-state index in [9.17, 15) is 9.59 Å². The van der Waals surface area contributed by atoms with Gasteiger partial charge >= 0.3 is 11.9 Å². The molecule has 1 saturated heterocycles. The summed E-state index contributed by atoms with van der Waals surface area (Å²) in [6.07, 6.45) is 2.94. The van der Waals surface area contributed by atoms with Crippen LogP contribution in [0.5, 0.6) is 0 Å². The molecule has 1 atom stereocenters. The number of nitrogens with zero attached hydrogens (tertiary/aromatic N) is 1. The maximum Gasteiger partial charge on any atom is 0.337 e. The number of esters is 2. The lowest BCUT2D eigenvalue weighted by atomic mass is 10.0. The molecule has 0 amide bonds. The highest BCUT2D eigenvalue weighted by molar-refractivity contribution is 5.89. The van der Waals surface area contributed by atoms with Crippen LogP contribution in [0.4, 0.5) is 0 Å². The molecule has 0 saturated carbocycles. The molecule has 5 heteroatoms. The van der Waals surface area contributed by atoms with E-state index in [4.69, 9.17) is 9.47 Å². The first-order chi connectivity index (χ1) is 10.2. The van der Waals surface area contributed by atoms with E-state index in [2.05, 4.69) is 4.90 Å². The van der Waals surface area contributed by atoms with Crippen LogP contribution in [0.1, 0.15) is 35.2 Å². The molecule has 0 spiro atoms. The summed E-state index contributed by atoms with van der Waals surface area (Å²) >= 11 is 0. The van der Waals surface area contributed by atoms with Crippen LogP contribution >= 0.6 is 0 Å². The summed E-state index contributed by atoms with van der Waals surface area (Å²) < 4.78 is 9.61. The average Bonchev–Trinajstić information content (AvgIpc) is 2.54. The molecule has 1 aromatic rings. The van der Waals surface area contributed by atoms with E-state index in [0.717, 1.165) is 31.4 Å². The Kier molecular flexibility index (Phi) is 5.33. The van der Waals surface area contributed by atoms with Crippen molar-refractivity contribution < 1.29 is 19.1 Å². The first-order valence-electron chi connectivity index (χ1n) is 7.15. The van der Waals surface area contributed by atoms with Gasteiger partial charge in [0.1, 0.15) is 6.04 Å². The van der Waals surface area contributed by atoms with Crippen molar-refractivity contribution in [1.29, 1.82) is 0 Å². The quantitative estimate of drug-likeness (QED) is 0.794. The summed E-state index contributed by atoms with van der Waals surface area (Å²) in [5, 5.41) is 0. The summed E-state index contributed by atoms with van der Waals surface area (Å²) in [5.41, 5.74) is 1.52. The summed E-state index contributed by atoms with van der Waals surface area (Å²) in [5.74, 6) is -0.529. The molecule has 0 aromatic heterocycles. The lowest BCUT2D eigenvalue weighted by Gasteiger charge is -2.33. The Labute approximate surface area is 124 Å². The average molecular weight is 291 g/mol. The molecule has 0 bridgehead atoms. The minimum atomic E-state index is -0.347. The molecule has 1 heterocycles. The number of piperidine rings is 1.